The minimum absolute atomic E-state index is 0.248. The molecule has 1 aliphatic rings. The number of rotatable bonds is 3. The van der Waals surface area contributed by atoms with E-state index < -0.39 is 0 Å². The summed E-state index contributed by atoms with van der Waals surface area (Å²) in [6.07, 6.45) is 10.5. The lowest BCUT2D eigenvalue weighted by Gasteiger charge is -2.16. The van der Waals surface area contributed by atoms with Crippen molar-refractivity contribution in [3.05, 3.63) is 30.1 Å². The fourth-order valence-electron chi connectivity index (χ4n) is 2.69. The largest absolute Gasteiger partial charge is 0.318 e. The molecular weight excluding hydrogens is 228 g/mol. The first-order chi connectivity index (χ1) is 8.75. The highest BCUT2D eigenvalue weighted by atomic mass is 15.3. The molecule has 0 bridgehead atoms. The van der Waals surface area contributed by atoms with Gasteiger partial charge in [-0.15, -0.1) is 10.2 Å². The molecule has 96 valence electrons. The van der Waals surface area contributed by atoms with Crippen LogP contribution < -0.4 is 5.73 Å². The van der Waals surface area contributed by atoms with Crippen LogP contribution in [0.25, 0.3) is 0 Å². The molecule has 0 aliphatic heterocycles. The molecule has 1 saturated carbocycles. The molecule has 6 nitrogen and oxygen atoms in total. The van der Waals surface area contributed by atoms with Crippen molar-refractivity contribution in [1.29, 1.82) is 0 Å². The minimum Gasteiger partial charge on any atom is -0.318 e. The van der Waals surface area contributed by atoms with Crippen LogP contribution in [0.5, 0.6) is 0 Å². The van der Waals surface area contributed by atoms with Gasteiger partial charge in [0.1, 0.15) is 6.33 Å². The van der Waals surface area contributed by atoms with Crippen LogP contribution in [0, 0.1) is 0 Å². The van der Waals surface area contributed by atoms with Gasteiger partial charge >= 0.3 is 0 Å². The highest BCUT2D eigenvalue weighted by Crippen LogP contribution is 2.31. The summed E-state index contributed by atoms with van der Waals surface area (Å²) in [5, 5.41) is 12.4. The third kappa shape index (κ3) is 1.92. The molecule has 2 aromatic rings. The zero-order valence-electron chi connectivity index (χ0n) is 10.5. The van der Waals surface area contributed by atoms with Crippen molar-refractivity contribution in [3.63, 3.8) is 0 Å². The highest BCUT2D eigenvalue weighted by molar-refractivity contribution is 5.18. The number of nitrogens with zero attached hydrogens (tertiary/aromatic N) is 5. The normalized spacial score (nSPS) is 18.3. The quantitative estimate of drug-likeness (QED) is 0.882. The second kappa shape index (κ2) is 4.53. The molecule has 6 heteroatoms. The monoisotopic (exact) mass is 246 g/mol. The Morgan fingerprint density at radius 1 is 1.39 bits per heavy atom. The van der Waals surface area contributed by atoms with E-state index in [1.165, 1.54) is 25.7 Å². The van der Waals surface area contributed by atoms with Gasteiger partial charge in [-0.3, -0.25) is 4.68 Å². The molecule has 2 aromatic heterocycles. The maximum atomic E-state index is 6.27. The van der Waals surface area contributed by atoms with Crippen molar-refractivity contribution >= 4 is 0 Å². The van der Waals surface area contributed by atoms with Crippen LogP contribution in [0.2, 0.25) is 0 Å². The van der Waals surface area contributed by atoms with Crippen LogP contribution in [0.3, 0.4) is 0 Å². The van der Waals surface area contributed by atoms with E-state index in [1.807, 2.05) is 19.6 Å². The summed E-state index contributed by atoms with van der Waals surface area (Å²) in [5.41, 5.74) is 7.24. The van der Waals surface area contributed by atoms with E-state index in [9.17, 15) is 0 Å². The van der Waals surface area contributed by atoms with E-state index in [4.69, 9.17) is 5.73 Å². The van der Waals surface area contributed by atoms with Gasteiger partial charge in [0.25, 0.3) is 0 Å². The van der Waals surface area contributed by atoms with Crippen LogP contribution in [0.4, 0.5) is 0 Å². The molecule has 2 N–H and O–H groups in total. The van der Waals surface area contributed by atoms with Crippen LogP contribution >= 0.6 is 0 Å². The molecule has 2 heterocycles. The highest BCUT2D eigenvalue weighted by Gasteiger charge is 2.24. The lowest BCUT2D eigenvalue weighted by molar-refractivity contribution is 0.487. The summed E-state index contributed by atoms with van der Waals surface area (Å²) in [6, 6.07) is 0.263. The molecule has 0 radical (unpaired) electrons. The molecule has 0 spiro atoms. The van der Waals surface area contributed by atoms with Crippen LogP contribution in [0.15, 0.2) is 18.7 Å². The van der Waals surface area contributed by atoms with E-state index in [0.29, 0.717) is 6.04 Å². The number of aromatic nitrogens is 5. The van der Waals surface area contributed by atoms with Gasteiger partial charge in [-0.1, -0.05) is 12.8 Å². The first-order valence-electron chi connectivity index (χ1n) is 6.39. The number of hydrogen-bond donors (Lipinski definition) is 1. The Hall–Kier alpha value is -1.69. The predicted molar refractivity (Wildman–Crippen MR) is 66.8 cm³/mol. The summed E-state index contributed by atoms with van der Waals surface area (Å²) in [7, 11) is 1.89. The Morgan fingerprint density at radius 2 is 2.17 bits per heavy atom. The van der Waals surface area contributed by atoms with Crippen LogP contribution in [-0.2, 0) is 7.05 Å². The SMILES string of the molecule is Cn1cc(C(N)c2nncn2C2CCCC2)cn1. The molecule has 1 unspecified atom stereocenters. The summed E-state index contributed by atoms with van der Waals surface area (Å²) >= 11 is 0. The third-order valence-electron chi connectivity index (χ3n) is 3.68. The van der Waals surface area contributed by atoms with E-state index >= 15 is 0 Å². The lowest BCUT2D eigenvalue weighted by atomic mass is 10.1. The van der Waals surface area contributed by atoms with E-state index in [1.54, 1.807) is 10.9 Å². The van der Waals surface area contributed by atoms with Gasteiger partial charge < -0.3 is 10.3 Å². The maximum absolute atomic E-state index is 6.27. The molecular formula is C12H18N6. The first kappa shape index (κ1) is 11.4. The minimum atomic E-state index is -0.248. The predicted octanol–water partition coefficient (Wildman–Crippen LogP) is 1.17. The Morgan fingerprint density at radius 3 is 2.83 bits per heavy atom. The summed E-state index contributed by atoms with van der Waals surface area (Å²) in [5.74, 6) is 0.843. The smallest absolute Gasteiger partial charge is 0.154 e. The standard InChI is InChI=1S/C12H18N6/c1-17-7-9(6-15-17)11(13)12-16-14-8-18(12)10-4-2-3-5-10/h6-8,10-11H,2-5,13H2,1H3. The van der Waals surface area contributed by atoms with Crippen molar-refractivity contribution in [3.8, 4) is 0 Å². The molecule has 3 rings (SSSR count). The fraction of sp³-hybridized carbons (Fsp3) is 0.583. The molecule has 1 atom stereocenters. The summed E-state index contributed by atoms with van der Waals surface area (Å²) < 4.78 is 3.90. The van der Waals surface area contributed by atoms with Gasteiger partial charge in [0.15, 0.2) is 5.82 Å². The number of hydrogen-bond acceptors (Lipinski definition) is 4. The Bertz CT molecular complexity index is 522. The topological polar surface area (TPSA) is 74.6 Å². The number of nitrogens with two attached hydrogens (primary N) is 1. The number of aryl methyl sites for hydroxylation is 1. The van der Waals surface area contributed by atoms with Gasteiger partial charge in [-0.25, -0.2) is 0 Å². The van der Waals surface area contributed by atoms with Crippen molar-refractivity contribution in [2.45, 2.75) is 37.8 Å². The molecule has 0 amide bonds. The zero-order chi connectivity index (χ0) is 12.5. The summed E-state index contributed by atoms with van der Waals surface area (Å²) in [6.45, 7) is 0. The lowest BCUT2D eigenvalue weighted by Crippen LogP contribution is -2.19. The van der Waals surface area contributed by atoms with Crippen LogP contribution in [-0.4, -0.2) is 24.5 Å². The summed E-state index contributed by atoms with van der Waals surface area (Å²) in [4.78, 5) is 0. The van der Waals surface area contributed by atoms with Crippen molar-refractivity contribution in [1.82, 2.24) is 24.5 Å². The second-order valence-corrected chi connectivity index (χ2v) is 4.96. The van der Waals surface area contributed by atoms with E-state index in [0.717, 1.165) is 11.4 Å². The Balaban J connectivity index is 1.89. The maximum Gasteiger partial charge on any atom is 0.154 e. The van der Waals surface area contributed by atoms with Crippen LogP contribution in [0.1, 0.15) is 49.2 Å². The third-order valence-corrected chi connectivity index (χ3v) is 3.68. The molecule has 1 aliphatic carbocycles. The van der Waals surface area contributed by atoms with Crippen molar-refractivity contribution in [2.75, 3.05) is 0 Å². The van der Waals surface area contributed by atoms with Gasteiger partial charge in [-0.2, -0.15) is 5.10 Å². The van der Waals surface area contributed by atoms with Crippen molar-refractivity contribution < 1.29 is 0 Å². The van der Waals surface area contributed by atoms with Gasteiger partial charge in [0.05, 0.1) is 12.2 Å². The van der Waals surface area contributed by atoms with Gasteiger partial charge in [0.2, 0.25) is 0 Å². The first-order valence-corrected chi connectivity index (χ1v) is 6.39. The molecule has 1 fully saturated rings. The second-order valence-electron chi connectivity index (χ2n) is 4.96. The van der Waals surface area contributed by atoms with Gasteiger partial charge in [0, 0.05) is 24.8 Å². The van der Waals surface area contributed by atoms with Crippen molar-refractivity contribution in [2.24, 2.45) is 12.8 Å². The Kier molecular flexibility index (Phi) is 2.87. The van der Waals surface area contributed by atoms with E-state index in [2.05, 4.69) is 19.9 Å². The average molecular weight is 246 g/mol. The average Bonchev–Trinajstić information content (AvgIpc) is 3.08. The fourth-order valence-corrected chi connectivity index (χ4v) is 2.69. The Labute approximate surface area is 106 Å². The zero-order valence-corrected chi connectivity index (χ0v) is 10.5. The molecule has 0 saturated heterocycles. The van der Waals surface area contributed by atoms with E-state index in [-0.39, 0.29) is 6.04 Å². The molecule has 18 heavy (non-hydrogen) atoms. The van der Waals surface area contributed by atoms with Gasteiger partial charge in [-0.05, 0) is 12.8 Å². The molecule has 0 aromatic carbocycles.